The first-order chi connectivity index (χ1) is 3.70. The molecule has 3 N–H and O–H groups in total. The highest BCUT2D eigenvalue weighted by atomic mass is 32.1. The van der Waals surface area contributed by atoms with Crippen molar-refractivity contribution >= 4 is 40.4 Å². The summed E-state index contributed by atoms with van der Waals surface area (Å²) in [7, 11) is 0. The van der Waals surface area contributed by atoms with Crippen LogP contribution in [0.25, 0.3) is 0 Å². The second kappa shape index (κ2) is 1.75. The highest BCUT2D eigenvalue weighted by molar-refractivity contribution is 7.83. The van der Waals surface area contributed by atoms with E-state index in [9.17, 15) is 0 Å². The van der Waals surface area contributed by atoms with Gasteiger partial charge in [-0.05, 0) is 12.2 Å². The largest absolute Gasteiger partial charge is 0.381 e. The van der Waals surface area contributed by atoms with Crippen LogP contribution in [0.3, 0.4) is 0 Å². The average molecular weight is 145 g/mol. The first-order valence-electron chi connectivity index (χ1n) is 1.89. The lowest BCUT2D eigenvalue weighted by molar-refractivity contribution is 1.47. The number of rotatable bonds is 0. The number of thiocarbonyl (C=S) groups is 2. The predicted molar refractivity (Wildman–Crippen MR) is 40.0 cm³/mol. The van der Waals surface area contributed by atoms with Crippen LogP contribution in [0, 0.1) is 0 Å². The molecule has 0 unspecified atom stereocenters. The molecular weight excluding hydrogens is 142 g/mol. The van der Waals surface area contributed by atoms with Gasteiger partial charge in [0.2, 0.25) is 0 Å². The standard InChI is InChI=1S/C3H3N3S2/c4-1-2(7)6-3(8)5-1/h(H3,4,5,6,7,8). The zero-order chi connectivity index (χ0) is 6.15. The van der Waals surface area contributed by atoms with E-state index in [0.717, 1.165) is 0 Å². The monoisotopic (exact) mass is 145 g/mol. The van der Waals surface area contributed by atoms with Gasteiger partial charge in [-0.2, -0.15) is 0 Å². The van der Waals surface area contributed by atoms with E-state index >= 15 is 0 Å². The molecule has 0 bridgehead atoms. The van der Waals surface area contributed by atoms with Gasteiger partial charge in [-0.25, -0.2) is 4.99 Å². The molecule has 0 fully saturated rings. The molecule has 1 aliphatic heterocycles. The van der Waals surface area contributed by atoms with Crippen LogP contribution in [-0.4, -0.2) is 15.9 Å². The van der Waals surface area contributed by atoms with Crippen LogP contribution in [-0.2, 0) is 0 Å². The molecule has 1 heterocycles. The van der Waals surface area contributed by atoms with Gasteiger partial charge in [-0.3, -0.25) is 0 Å². The SMILES string of the molecule is NC1=NC(=S)NC1=S. The fraction of sp³-hybridized carbons (Fsp3) is 0. The van der Waals surface area contributed by atoms with Gasteiger partial charge in [-0.15, -0.1) is 0 Å². The Morgan fingerprint density at radius 3 is 2.25 bits per heavy atom. The number of hydrogen-bond donors (Lipinski definition) is 2. The van der Waals surface area contributed by atoms with Crippen molar-refractivity contribution in [1.82, 2.24) is 5.32 Å². The molecule has 3 nitrogen and oxygen atoms in total. The van der Waals surface area contributed by atoms with Crippen LogP contribution in [0.5, 0.6) is 0 Å². The molecule has 0 aromatic carbocycles. The molecule has 0 saturated carbocycles. The van der Waals surface area contributed by atoms with Gasteiger partial charge in [0.25, 0.3) is 0 Å². The number of nitrogens with two attached hydrogens (primary N) is 1. The maximum absolute atomic E-state index is 5.23. The first kappa shape index (κ1) is 5.58. The van der Waals surface area contributed by atoms with E-state index in [1.807, 2.05) is 0 Å². The van der Waals surface area contributed by atoms with Gasteiger partial charge in [0.1, 0.15) is 4.99 Å². The fourth-order valence-corrected chi connectivity index (χ4v) is 0.757. The smallest absolute Gasteiger partial charge is 0.200 e. The van der Waals surface area contributed by atoms with Crippen molar-refractivity contribution in [1.29, 1.82) is 0 Å². The minimum Gasteiger partial charge on any atom is -0.381 e. The Morgan fingerprint density at radius 2 is 2.12 bits per heavy atom. The molecule has 0 aromatic rings. The second-order valence-corrected chi connectivity index (χ2v) is 2.05. The van der Waals surface area contributed by atoms with Crippen molar-refractivity contribution in [2.45, 2.75) is 0 Å². The fourth-order valence-electron chi connectivity index (χ4n) is 0.349. The Balaban J connectivity index is 2.88. The summed E-state index contributed by atoms with van der Waals surface area (Å²) in [5.41, 5.74) is 5.23. The summed E-state index contributed by atoms with van der Waals surface area (Å²) in [4.78, 5) is 4.07. The first-order valence-corrected chi connectivity index (χ1v) is 2.71. The quantitative estimate of drug-likeness (QED) is 0.454. The lowest BCUT2D eigenvalue weighted by Gasteiger charge is -1.87. The highest BCUT2D eigenvalue weighted by Crippen LogP contribution is 1.87. The van der Waals surface area contributed by atoms with Crippen LogP contribution in [0.1, 0.15) is 0 Å². The molecule has 0 saturated heterocycles. The van der Waals surface area contributed by atoms with Crippen LogP contribution in [0.2, 0.25) is 0 Å². The third-order valence-electron chi connectivity index (χ3n) is 0.675. The van der Waals surface area contributed by atoms with E-state index < -0.39 is 0 Å². The van der Waals surface area contributed by atoms with E-state index in [0.29, 0.717) is 15.9 Å². The van der Waals surface area contributed by atoms with E-state index in [-0.39, 0.29) is 0 Å². The molecule has 1 rings (SSSR count). The molecule has 0 radical (unpaired) electrons. The van der Waals surface area contributed by atoms with E-state index in [1.54, 1.807) is 0 Å². The topological polar surface area (TPSA) is 50.4 Å². The minimum absolute atomic E-state index is 0.310. The number of hydrogen-bond acceptors (Lipinski definition) is 3. The summed E-state index contributed by atoms with van der Waals surface area (Å²) in [6, 6.07) is 0. The number of amidine groups is 1. The Morgan fingerprint density at radius 1 is 1.50 bits per heavy atom. The molecule has 8 heavy (non-hydrogen) atoms. The van der Waals surface area contributed by atoms with Crippen molar-refractivity contribution in [2.75, 3.05) is 0 Å². The van der Waals surface area contributed by atoms with Crippen molar-refractivity contribution in [2.24, 2.45) is 10.7 Å². The second-order valence-electron chi connectivity index (χ2n) is 1.26. The Labute approximate surface area is 57.0 Å². The maximum atomic E-state index is 5.23. The third kappa shape index (κ3) is 0.823. The summed E-state index contributed by atoms with van der Waals surface area (Å²) in [6.07, 6.45) is 0. The number of aliphatic imine (C=N–C) groups is 1. The van der Waals surface area contributed by atoms with Gasteiger partial charge < -0.3 is 11.1 Å². The number of nitrogens with one attached hydrogen (secondary N) is 1. The van der Waals surface area contributed by atoms with Gasteiger partial charge >= 0.3 is 0 Å². The summed E-state index contributed by atoms with van der Waals surface area (Å²) in [5, 5.41) is 2.95. The molecule has 0 aliphatic carbocycles. The van der Waals surface area contributed by atoms with Gasteiger partial charge in [0, 0.05) is 0 Å². The zero-order valence-corrected chi connectivity index (χ0v) is 5.47. The highest BCUT2D eigenvalue weighted by Gasteiger charge is 2.11. The molecule has 0 atom stereocenters. The maximum Gasteiger partial charge on any atom is 0.200 e. The third-order valence-corrected chi connectivity index (χ3v) is 1.18. The van der Waals surface area contributed by atoms with Gasteiger partial charge in [0.15, 0.2) is 10.9 Å². The van der Waals surface area contributed by atoms with Crippen LogP contribution in [0.15, 0.2) is 4.99 Å². The molecular formula is C3H3N3S2. The zero-order valence-electron chi connectivity index (χ0n) is 3.84. The Bertz CT molecular complexity index is 183. The van der Waals surface area contributed by atoms with Crippen molar-refractivity contribution in [3.05, 3.63) is 0 Å². The predicted octanol–water partition coefficient (Wildman–Crippen LogP) is -0.441. The summed E-state index contributed by atoms with van der Waals surface area (Å²) in [6.45, 7) is 0. The Hall–Kier alpha value is -0.550. The lowest BCUT2D eigenvalue weighted by Crippen LogP contribution is -2.27. The van der Waals surface area contributed by atoms with Crippen LogP contribution >= 0.6 is 24.4 Å². The van der Waals surface area contributed by atoms with E-state index in [4.69, 9.17) is 5.73 Å². The minimum atomic E-state index is 0.310. The van der Waals surface area contributed by atoms with Crippen LogP contribution in [0.4, 0.5) is 0 Å². The van der Waals surface area contributed by atoms with Crippen LogP contribution < -0.4 is 11.1 Å². The summed E-state index contributed by atoms with van der Waals surface area (Å²) in [5.74, 6) is 0.310. The molecule has 42 valence electrons. The van der Waals surface area contributed by atoms with Crippen molar-refractivity contribution in [3.8, 4) is 0 Å². The average Bonchev–Trinajstić information content (AvgIpc) is 1.85. The van der Waals surface area contributed by atoms with Gasteiger partial charge in [-0.1, -0.05) is 12.2 Å². The summed E-state index contributed by atoms with van der Waals surface area (Å²) >= 11 is 9.27. The lowest BCUT2D eigenvalue weighted by atomic mass is 10.6. The van der Waals surface area contributed by atoms with Gasteiger partial charge in [0.05, 0.1) is 0 Å². The Kier molecular flexibility index (Phi) is 1.22. The molecule has 0 spiro atoms. The number of nitrogens with zero attached hydrogens (tertiary/aromatic N) is 1. The van der Waals surface area contributed by atoms with Crippen molar-refractivity contribution < 1.29 is 0 Å². The molecule has 0 aromatic heterocycles. The van der Waals surface area contributed by atoms with E-state index in [1.165, 1.54) is 0 Å². The van der Waals surface area contributed by atoms with E-state index in [2.05, 4.69) is 34.7 Å². The summed E-state index contributed by atoms with van der Waals surface area (Å²) < 4.78 is 0. The molecule has 0 amide bonds. The molecule has 1 aliphatic rings. The van der Waals surface area contributed by atoms with Crippen molar-refractivity contribution in [3.63, 3.8) is 0 Å². The molecule has 5 heteroatoms. The normalized spacial score (nSPS) is 18.2.